The summed E-state index contributed by atoms with van der Waals surface area (Å²) in [5, 5.41) is 21.7. The maximum atomic E-state index is 14.1. The van der Waals surface area contributed by atoms with Crippen molar-refractivity contribution >= 4 is 5.82 Å². The standard InChI is InChI=1S/C24H28F4N4O2/c25-16-1-2-20(26)18(9-16)21-10-19(22(27)28)23(31-30-21)29-17-7-14-11-32(12-15(14)8-17)13-24(33)3-5-34-6-4-24/h1-2,9-10,14-15,17,22,33H,3-8,11-13H2,(H,29,31)/t14-,15+,17?. The van der Waals surface area contributed by atoms with E-state index in [1.807, 2.05) is 0 Å². The van der Waals surface area contributed by atoms with Crippen LogP contribution in [-0.4, -0.2) is 64.7 Å². The third-order valence-electron chi connectivity index (χ3n) is 7.37. The van der Waals surface area contributed by atoms with Gasteiger partial charge in [-0.1, -0.05) is 0 Å². The highest BCUT2D eigenvalue weighted by molar-refractivity contribution is 5.63. The predicted molar refractivity (Wildman–Crippen MR) is 117 cm³/mol. The van der Waals surface area contributed by atoms with E-state index in [-0.39, 0.29) is 28.7 Å². The smallest absolute Gasteiger partial charge is 0.267 e. The van der Waals surface area contributed by atoms with Crippen LogP contribution in [0.4, 0.5) is 23.4 Å². The third kappa shape index (κ3) is 4.89. The van der Waals surface area contributed by atoms with Gasteiger partial charge in [-0.3, -0.25) is 4.90 Å². The first-order valence-electron chi connectivity index (χ1n) is 11.7. The van der Waals surface area contributed by atoms with Crippen molar-refractivity contribution in [1.82, 2.24) is 15.1 Å². The van der Waals surface area contributed by atoms with Crippen molar-refractivity contribution in [3.8, 4) is 11.3 Å². The van der Waals surface area contributed by atoms with Crippen LogP contribution >= 0.6 is 0 Å². The number of aliphatic hydroxyl groups is 1. The van der Waals surface area contributed by atoms with Gasteiger partial charge in [0.2, 0.25) is 0 Å². The molecule has 1 unspecified atom stereocenters. The molecule has 1 aromatic heterocycles. The second-order valence-electron chi connectivity index (χ2n) is 9.82. The fraction of sp³-hybridized carbons (Fsp3) is 0.583. The first kappa shape index (κ1) is 23.4. The molecule has 6 nitrogen and oxygen atoms in total. The molecule has 1 aliphatic carbocycles. The Hall–Kier alpha value is -2.30. The van der Waals surface area contributed by atoms with E-state index in [9.17, 15) is 22.7 Å². The van der Waals surface area contributed by atoms with Gasteiger partial charge >= 0.3 is 0 Å². The highest BCUT2D eigenvalue weighted by Crippen LogP contribution is 2.41. The van der Waals surface area contributed by atoms with Gasteiger partial charge < -0.3 is 15.2 Å². The summed E-state index contributed by atoms with van der Waals surface area (Å²) in [6.07, 6.45) is 0.0759. The monoisotopic (exact) mass is 480 g/mol. The number of likely N-dealkylation sites (tertiary alicyclic amines) is 1. The lowest BCUT2D eigenvalue weighted by Gasteiger charge is -2.35. The Bertz CT molecular complexity index is 1020. The van der Waals surface area contributed by atoms with Gasteiger partial charge in [0, 0.05) is 57.3 Å². The summed E-state index contributed by atoms with van der Waals surface area (Å²) in [7, 11) is 0. The predicted octanol–water partition coefficient (Wildman–Crippen LogP) is 4.02. The summed E-state index contributed by atoms with van der Waals surface area (Å²) in [4.78, 5) is 2.31. The van der Waals surface area contributed by atoms with Crippen molar-refractivity contribution in [2.75, 3.05) is 38.2 Å². The summed E-state index contributed by atoms with van der Waals surface area (Å²) in [5.41, 5.74) is -1.42. The second-order valence-corrected chi connectivity index (χ2v) is 9.82. The number of β-amino-alcohol motifs (C(OH)–C–C–N with tert-alkyl or cyclic N) is 1. The van der Waals surface area contributed by atoms with Gasteiger partial charge in [-0.25, -0.2) is 17.6 Å². The zero-order chi connectivity index (χ0) is 23.9. The van der Waals surface area contributed by atoms with Crippen molar-refractivity contribution in [3.05, 3.63) is 41.5 Å². The quantitative estimate of drug-likeness (QED) is 0.609. The molecule has 3 aliphatic rings. The topological polar surface area (TPSA) is 70.5 Å². The Morgan fingerprint density at radius 3 is 2.47 bits per heavy atom. The van der Waals surface area contributed by atoms with Gasteiger partial charge in [-0.05, 0) is 48.9 Å². The molecule has 184 valence electrons. The van der Waals surface area contributed by atoms with E-state index in [0.717, 1.165) is 50.2 Å². The molecule has 10 heteroatoms. The van der Waals surface area contributed by atoms with Crippen LogP contribution in [0.1, 0.15) is 37.7 Å². The Kier molecular flexibility index (Phi) is 6.47. The van der Waals surface area contributed by atoms with Crippen LogP contribution < -0.4 is 5.32 Å². The summed E-state index contributed by atoms with van der Waals surface area (Å²) in [6.45, 7) is 3.55. The number of ether oxygens (including phenoxy) is 1. The van der Waals surface area contributed by atoms with Gasteiger partial charge in [0.1, 0.15) is 11.6 Å². The minimum atomic E-state index is -2.84. The summed E-state index contributed by atoms with van der Waals surface area (Å²) < 4.78 is 60.6. The lowest BCUT2D eigenvalue weighted by molar-refractivity contribution is -0.0779. The SMILES string of the molecule is OC1(CN2C[C@H]3CC(Nc4nnc(-c5cc(F)ccc5F)cc4C(F)F)C[C@H]3C2)CCOCC1. The molecular weight excluding hydrogens is 452 g/mol. The Balaban J connectivity index is 1.24. The van der Waals surface area contributed by atoms with Gasteiger partial charge in [-0.15, -0.1) is 10.2 Å². The number of alkyl halides is 2. The molecule has 0 spiro atoms. The van der Waals surface area contributed by atoms with Crippen molar-refractivity contribution in [2.24, 2.45) is 11.8 Å². The minimum absolute atomic E-state index is 0.0195. The number of fused-ring (bicyclic) bond motifs is 1. The van der Waals surface area contributed by atoms with Crippen LogP contribution in [0.3, 0.4) is 0 Å². The third-order valence-corrected chi connectivity index (χ3v) is 7.37. The molecule has 1 saturated carbocycles. The van der Waals surface area contributed by atoms with E-state index in [4.69, 9.17) is 4.74 Å². The molecule has 2 saturated heterocycles. The summed E-state index contributed by atoms with van der Waals surface area (Å²) >= 11 is 0. The lowest BCUT2D eigenvalue weighted by Crippen LogP contribution is -2.46. The average molecular weight is 481 g/mol. The molecule has 1 aromatic carbocycles. The van der Waals surface area contributed by atoms with Crippen LogP contribution in [-0.2, 0) is 4.74 Å². The lowest BCUT2D eigenvalue weighted by atomic mass is 9.94. The summed E-state index contributed by atoms with van der Waals surface area (Å²) in [6, 6.07) is 3.86. The number of halogens is 4. The maximum Gasteiger partial charge on any atom is 0.267 e. The second kappa shape index (κ2) is 9.39. The molecule has 3 heterocycles. The van der Waals surface area contributed by atoms with E-state index in [0.29, 0.717) is 44.4 Å². The van der Waals surface area contributed by atoms with Crippen molar-refractivity contribution < 1.29 is 27.4 Å². The van der Waals surface area contributed by atoms with Crippen LogP contribution in [0.25, 0.3) is 11.3 Å². The molecule has 3 fully saturated rings. The average Bonchev–Trinajstić information content (AvgIpc) is 3.33. The number of anilines is 1. The minimum Gasteiger partial charge on any atom is -0.388 e. The molecule has 2 aromatic rings. The number of nitrogens with zero attached hydrogens (tertiary/aromatic N) is 3. The summed E-state index contributed by atoms with van der Waals surface area (Å²) in [5.74, 6) is -0.618. The number of hydrogen-bond donors (Lipinski definition) is 2. The Morgan fingerprint density at radius 1 is 1.09 bits per heavy atom. The first-order valence-corrected chi connectivity index (χ1v) is 11.7. The molecule has 34 heavy (non-hydrogen) atoms. The van der Waals surface area contributed by atoms with Gasteiger partial charge in [0.05, 0.1) is 16.9 Å². The molecule has 2 aliphatic heterocycles. The van der Waals surface area contributed by atoms with Gasteiger partial charge in [0.15, 0.2) is 5.82 Å². The number of hydrogen-bond acceptors (Lipinski definition) is 6. The molecule has 0 amide bonds. The Labute approximate surface area is 195 Å². The largest absolute Gasteiger partial charge is 0.388 e. The van der Waals surface area contributed by atoms with E-state index >= 15 is 0 Å². The fourth-order valence-electron chi connectivity index (χ4n) is 5.67. The zero-order valence-corrected chi connectivity index (χ0v) is 18.7. The van der Waals surface area contributed by atoms with E-state index < -0.39 is 23.7 Å². The number of rotatable bonds is 6. The van der Waals surface area contributed by atoms with Crippen molar-refractivity contribution in [2.45, 2.75) is 43.8 Å². The van der Waals surface area contributed by atoms with E-state index in [2.05, 4.69) is 20.4 Å². The van der Waals surface area contributed by atoms with Crippen LogP contribution in [0.15, 0.2) is 24.3 Å². The van der Waals surface area contributed by atoms with Crippen molar-refractivity contribution in [1.29, 1.82) is 0 Å². The number of nitrogens with one attached hydrogen (secondary N) is 1. The highest BCUT2D eigenvalue weighted by Gasteiger charge is 2.43. The highest BCUT2D eigenvalue weighted by atomic mass is 19.3. The number of aromatic nitrogens is 2. The number of benzene rings is 1. The first-order chi connectivity index (χ1) is 16.3. The Morgan fingerprint density at radius 2 is 1.79 bits per heavy atom. The van der Waals surface area contributed by atoms with Crippen LogP contribution in [0.5, 0.6) is 0 Å². The molecule has 0 radical (unpaired) electrons. The molecular formula is C24H28F4N4O2. The molecule has 5 rings (SSSR count). The van der Waals surface area contributed by atoms with Crippen LogP contribution in [0.2, 0.25) is 0 Å². The fourth-order valence-corrected chi connectivity index (χ4v) is 5.67. The molecule has 2 N–H and O–H groups in total. The van der Waals surface area contributed by atoms with E-state index in [1.165, 1.54) is 0 Å². The zero-order valence-electron chi connectivity index (χ0n) is 18.7. The van der Waals surface area contributed by atoms with Gasteiger partial charge in [-0.2, -0.15) is 0 Å². The van der Waals surface area contributed by atoms with E-state index in [1.54, 1.807) is 0 Å². The normalized spacial score (nSPS) is 26.7. The van der Waals surface area contributed by atoms with Gasteiger partial charge in [0.25, 0.3) is 6.43 Å². The van der Waals surface area contributed by atoms with Crippen LogP contribution in [0, 0.1) is 23.5 Å². The molecule has 3 atom stereocenters. The van der Waals surface area contributed by atoms with Crippen molar-refractivity contribution in [3.63, 3.8) is 0 Å². The maximum absolute atomic E-state index is 14.1. The molecule has 0 bridgehead atoms.